The van der Waals surface area contributed by atoms with E-state index in [0.717, 1.165) is 25.3 Å². The molecule has 1 saturated heterocycles. The van der Waals surface area contributed by atoms with E-state index in [-0.39, 0.29) is 11.9 Å². The van der Waals surface area contributed by atoms with Gasteiger partial charge in [0.1, 0.15) is 5.82 Å². The number of aliphatic hydroxyl groups is 1. The molecule has 14 heavy (non-hydrogen) atoms. The van der Waals surface area contributed by atoms with Gasteiger partial charge in [-0.15, -0.1) is 0 Å². The highest BCUT2D eigenvalue weighted by Gasteiger charge is 2.22. The van der Waals surface area contributed by atoms with Crippen molar-refractivity contribution in [1.82, 2.24) is 9.97 Å². The van der Waals surface area contributed by atoms with Gasteiger partial charge >= 0.3 is 0 Å². The Morgan fingerprint density at radius 1 is 1.64 bits per heavy atom. The van der Waals surface area contributed by atoms with Gasteiger partial charge in [0.25, 0.3) is 0 Å². The Hall–Kier alpha value is -0.870. The number of rotatable bonds is 2. The predicted octanol–water partition coefficient (Wildman–Crippen LogP) is 0.949. The normalized spacial score (nSPS) is 21.6. The molecule has 1 aliphatic heterocycles. The quantitative estimate of drug-likeness (QED) is 0.744. The Balaban J connectivity index is 2.09. The van der Waals surface area contributed by atoms with E-state index in [9.17, 15) is 0 Å². The summed E-state index contributed by atoms with van der Waals surface area (Å²) in [6, 6.07) is 1.84. The molecule has 1 aromatic rings. The van der Waals surface area contributed by atoms with Crippen LogP contribution in [0.15, 0.2) is 12.3 Å². The first-order chi connectivity index (χ1) is 6.79. The average Bonchev–Trinajstić information content (AvgIpc) is 2.66. The molecule has 1 aromatic heterocycles. The molecule has 0 spiro atoms. The first-order valence-corrected chi connectivity index (χ1v) is 5.02. The lowest BCUT2D eigenvalue weighted by molar-refractivity contribution is 0.238. The van der Waals surface area contributed by atoms with Gasteiger partial charge in [-0.3, -0.25) is 0 Å². The van der Waals surface area contributed by atoms with Crippen LogP contribution in [0, 0.1) is 5.92 Å². The van der Waals surface area contributed by atoms with E-state index in [4.69, 9.17) is 16.7 Å². The van der Waals surface area contributed by atoms with Crippen molar-refractivity contribution in [3.05, 3.63) is 17.5 Å². The van der Waals surface area contributed by atoms with Crippen LogP contribution in [0.1, 0.15) is 6.42 Å². The number of nitrogens with zero attached hydrogens (tertiary/aromatic N) is 3. The van der Waals surface area contributed by atoms with Crippen molar-refractivity contribution in [2.45, 2.75) is 6.42 Å². The Kier molecular flexibility index (Phi) is 2.84. The molecule has 1 unspecified atom stereocenters. The molecule has 0 aromatic carbocycles. The molecule has 76 valence electrons. The maximum absolute atomic E-state index is 9.00. The zero-order valence-corrected chi connectivity index (χ0v) is 8.48. The number of aromatic nitrogens is 2. The van der Waals surface area contributed by atoms with Gasteiger partial charge in [-0.25, -0.2) is 9.97 Å². The number of halogens is 1. The van der Waals surface area contributed by atoms with Crippen molar-refractivity contribution in [3.63, 3.8) is 0 Å². The van der Waals surface area contributed by atoms with Crippen molar-refractivity contribution in [3.8, 4) is 0 Å². The van der Waals surface area contributed by atoms with E-state index in [1.165, 1.54) is 0 Å². The van der Waals surface area contributed by atoms with Gasteiger partial charge < -0.3 is 10.0 Å². The van der Waals surface area contributed by atoms with Crippen LogP contribution in [0.25, 0.3) is 0 Å². The van der Waals surface area contributed by atoms with Crippen LogP contribution >= 0.6 is 11.6 Å². The molecule has 4 nitrogen and oxygen atoms in total. The lowest BCUT2D eigenvalue weighted by Gasteiger charge is -2.16. The summed E-state index contributed by atoms with van der Waals surface area (Å²) in [5, 5.41) is 9.27. The summed E-state index contributed by atoms with van der Waals surface area (Å²) in [5.41, 5.74) is 0. The number of aliphatic hydroxyl groups excluding tert-OH is 1. The molecule has 0 bridgehead atoms. The van der Waals surface area contributed by atoms with Gasteiger partial charge in [-0.05, 0) is 24.1 Å². The fourth-order valence-corrected chi connectivity index (χ4v) is 1.83. The number of hydrogen-bond donors (Lipinski definition) is 1. The van der Waals surface area contributed by atoms with E-state index in [1.54, 1.807) is 6.20 Å². The SMILES string of the molecule is OCC1CCN(c2ccnc(Cl)n2)C1. The molecule has 0 radical (unpaired) electrons. The summed E-state index contributed by atoms with van der Waals surface area (Å²) in [6.07, 6.45) is 2.66. The largest absolute Gasteiger partial charge is 0.396 e. The Bertz CT molecular complexity index is 321. The standard InChI is InChI=1S/C9H12ClN3O/c10-9-11-3-1-8(12-9)13-4-2-7(5-13)6-14/h1,3,7,14H,2,4-6H2. The minimum Gasteiger partial charge on any atom is -0.396 e. The predicted molar refractivity (Wildman–Crippen MR) is 54.4 cm³/mol. The lowest BCUT2D eigenvalue weighted by Crippen LogP contribution is -2.21. The molecule has 1 atom stereocenters. The van der Waals surface area contributed by atoms with Crippen LogP contribution in [-0.4, -0.2) is 34.8 Å². The van der Waals surface area contributed by atoms with Crippen LogP contribution in [-0.2, 0) is 0 Å². The number of anilines is 1. The van der Waals surface area contributed by atoms with Crippen LogP contribution in [0.4, 0.5) is 5.82 Å². The second-order valence-electron chi connectivity index (χ2n) is 3.47. The fourth-order valence-electron chi connectivity index (χ4n) is 1.69. The molecule has 2 heterocycles. The fraction of sp³-hybridized carbons (Fsp3) is 0.556. The highest BCUT2D eigenvalue weighted by atomic mass is 35.5. The molecule has 1 N–H and O–H groups in total. The molecular weight excluding hydrogens is 202 g/mol. The van der Waals surface area contributed by atoms with Gasteiger partial charge in [0.2, 0.25) is 5.28 Å². The first-order valence-electron chi connectivity index (χ1n) is 4.64. The second-order valence-corrected chi connectivity index (χ2v) is 3.81. The van der Waals surface area contributed by atoms with Crippen LogP contribution < -0.4 is 4.90 Å². The maximum atomic E-state index is 9.00. The zero-order chi connectivity index (χ0) is 9.97. The van der Waals surface area contributed by atoms with Crippen molar-refractivity contribution in [1.29, 1.82) is 0 Å². The van der Waals surface area contributed by atoms with Gasteiger partial charge in [0.05, 0.1) is 0 Å². The van der Waals surface area contributed by atoms with Crippen molar-refractivity contribution >= 4 is 17.4 Å². The molecule has 2 rings (SSSR count). The van der Waals surface area contributed by atoms with Crippen LogP contribution in [0.3, 0.4) is 0 Å². The molecule has 1 fully saturated rings. The summed E-state index contributed by atoms with van der Waals surface area (Å²) < 4.78 is 0. The molecular formula is C9H12ClN3O. The molecule has 0 saturated carbocycles. The van der Waals surface area contributed by atoms with Crippen LogP contribution in [0.2, 0.25) is 5.28 Å². The van der Waals surface area contributed by atoms with E-state index in [1.807, 2.05) is 6.07 Å². The third kappa shape index (κ3) is 1.96. The van der Waals surface area contributed by atoms with E-state index in [0.29, 0.717) is 5.92 Å². The monoisotopic (exact) mass is 213 g/mol. The minimum atomic E-state index is 0.245. The topological polar surface area (TPSA) is 49.2 Å². The van der Waals surface area contributed by atoms with Gasteiger partial charge in [0.15, 0.2) is 0 Å². The second kappa shape index (κ2) is 4.11. The van der Waals surface area contributed by atoms with Crippen LogP contribution in [0.5, 0.6) is 0 Å². The van der Waals surface area contributed by atoms with Gasteiger partial charge in [-0.2, -0.15) is 0 Å². The van der Waals surface area contributed by atoms with E-state index < -0.39 is 0 Å². The zero-order valence-electron chi connectivity index (χ0n) is 7.73. The summed E-state index contributed by atoms with van der Waals surface area (Å²) in [5.74, 6) is 1.21. The highest BCUT2D eigenvalue weighted by molar-refractivity contribution is 6.28. The molecule has 1 aliphatic rings. The Labute approximate surface area is 87.5 Å². The first kappa shape index (κ1) is 9.68. The smallest absolute Gasteiger partial charge is 0.224 e. The summed E-state index contributed by atoms with van der Waals surface area (Å²) in [4.78, 5) is 10.1. The summed E-state index contributed by atoms with van der Waals surface area (Å²) in [7, 11) is 0. The Morgan fingerprint density at radius 2 is 2.50 bits per heavy atom. The van der Waals surface area contributed by atoms with E-state index >= 15 is 0 Å². The third-order valence-corrected chi connectivity index (χ3v) is 2.66. The Morgan fingerprint density at radius 3 is 3.14 bits per heavy atom. The molecule has 0 aliphatic carbocycles. The van der Waals surface area contributed by atoms with Crippen molar-refractivity contribution < 1.29 is 5.11 Å². The summed E-state index contributed by atoms with van der Waals surface area (Å²) in [6.45, 7) is 2.03. The maximum Gasteiger partial charge on any atom is 0.224 e. The minimum absolute atomic E-state index is 0.245. The van der Waals surface area contributed by atoms with Gasteiger partial charge in [-0.1, -0.05) is 0 Å². The average molecular weight is 214 g/mol. The lowest BCUT2D eigenvalue weighted by atomic mass is 10.1. The van der Waals surface area contributed by atoms with E-state index in [2.05, 4.69) is 14.9 Å². The third-order valence-electron chi connectivity index (χ3n) is 2.48. The molecule has 0 amide bonds. The van der Waals surface area contributed by atoms with Crippen molar-refractivity contribution in [2.75, 3.05) is 24.6 Å². The van der Waals surface area contributed by atoms with Gasteiger partial charge in [0, 0.05) is 31.8 Å². The summed E-state index contributed by atoms with van der Waals surface area (Å²) >= 11 is 5.70. The highest BCUT2D eigenvalue weighted by Crippen LogP contribution is 2.21. The number of hydrogen-bond acceptors (Lipinski definition) is 4. The van der Waals surface area contributed by atoms with Crippen molar-refractivity contribution in [2.24, 2.45) is 5.92 Å². The molecule has 5 heteroatoms.